The lowest BCUT2D eigenvalue weighted by atomic mass is 10.0. The maximum absolute atomic E-state index is 11.3. The first-order valence-electron chi connectivity index (χ1n) is 7.03. The maximum Gasteiger partial charge on any atom is 0.0473 e. The van der Waals surface area contributed by atoms with E-state index in [2.05, 4.69) is 47.5 Å². The average molecular weight is 280 g/mol. The third kappa shape index (κ3) is 4.13. The van der Waals surface area contributed by atoms with Crippen molar-refractivity contribution in [3.05, 3.63) is 35.9 Å². The van der Waals surface area contributed by atoms with Gasteiger partial charge in [-0.05, 0) is 12.0 Å². The van der Waals surface area contributed by atoms with Crippen LogP contribution < -0.4 is 5.32 Å². The number of hydrogen-bond acceptors (Lipinski definition) is 3. The molecular weight excluding hydrogens is 256 g/mol. The molecule has 1 aliphatic rings. The summed E-state index contributed by atoms with van der Waals surface area (Å²) in [6.45, 7) is 5.17. The molecular formula is C15H24N2OS. The van der Waals surface area contributed by atoms with Crippen molar-refractivity contribution in [2.24, 2.45) is 0 Å². The summed E-state index contributed by atoms with van der Waals surface area (Å²) in [5.74, 6) is 0.764. The molecule has 19 heavy (non-hydrogen) atoms. The first-order valence-corrected chi connectivity index (χ1v) is 8.75. The number of nitrogens with zero attached hydrogens (tertiary/aromatic N) is 1. The summed E-state index contributed by atoms with van der Waals surface area (Å²) >= 11 is 0. The van der Waals surface area contributed by atoms with Crippen molar-refractivity contribution in [3.63, 3.8) is 0 Å². The molecule has 3 atom stereocenters. The van der Waals surface area contributed by atoms with Crippen molar-refractivity contribution in [2.75, 3.05) is 31.6 Å². The van der Waals surface area contributed by atoms with E-state index in [1.54, 1.807) is 6.26 Å². The summed E-state index contributed by atoms with van der Waals surface area (Å²) in [4.78, 5) is 2.49. The third-order valence-corrected chi connectivity index (χ3v) is 4.60. The van der Waals surface area contributed by atoms with Gasteiger partial charge in [-0.1, -0.05) is 37.3 Å². The van der Waals surface area contributed by atoms with Crippen LogP contribution in [-0.2, 0) is 10.8 Å². The molecule has 0 bridgehead atoms. The number of hydrogen-bond donors (Lipinski definition) is 1. The van der Waals surface area contributed by atoms with Gasteiger partial charge < -0.3 is 5.32 Å². The second-order valence-corrected chi connectivity index (χ2v) is 6.77. The van der Waals surface area contributed by atoms with Gasteiger partial charge in [0.25, 0.3) is 0 Å². The Kier molecular flexibility index (Phi) is 5.55. The fraction of sp³-hybridized carbons (Fsp3) is 0.600. The highest BCUT2D eigenvalue weighted by Gasteiger charge is 2.27. The van der Waals surface area contributed by atoms with Crippen LogP contribution in [0.5, 0.6) is 0 Å². The van der Waals surface area contributed by atoms with Gasteiger partial charge in [-0.15, -0.1) is 0 Å². The Morgan fingerprint density at radius 3 is 2.74 bits per heavy atom. The van der Waals surface area contributed by atoms with Crippen molar-refractivity contribution in [3.8, 4) is 0 Å². The lowest BCUT2D eigenvalue weighted by molar-refractivity contribution is 0.137. The van der Waals surface area contributed by atoms with Gasteiger partial charge in [0.2, 0.25) is 0 Å². The molecule has 0 aliphatic carbocycles. The number of rotatable bonds is 5. The minimum Gasteiger partial charge on any atom is -0.311 e. The zero-order chi connectivity index (χ0) is 13.7. The van der Waals surface area contributed by atoms with E-state index in [4.69, 9.17) is 0 Å². The van der Waals surface area contributed by atoms with E-state index in [0.29, 0.717) is 12.1 Å². The van der Waals surface area contributed by atoms with Gasteiger partial charge in [-0.3, -0.25) is 9.11 Å². The first kappa shape index (κ1) is 14.7. The van der Waals surface area contributed by atoms with Crippen molar-refractivity contribution in [1.29, 1.82) is 0 Å². The standard InChI is InChI=1S/C15H24N2OS/c1-3-14-12-17(9-10-19(2)18)15(11-16-14)13-7-5-4-6-8-13/h4-8,14-16H,3,9-12H2,1-2H3. The minimum absolute atomic E-state index is 0.410. The fourth-order valence-corrected chi connectivity index (χ4v) is 3.14. The van der Waals surface area contributed by atoms with Crippen LogP contribution in [-0.4, -0.2) is 46.8 Å². The predicted octanol–water partition coefficient (Wildman–Crippen LogP) is 1.79. The molecule has 3 unspecified atom stereocenters. The smallest absolute Gasteiger partial charge is 0.0473 e. The Morgan fingerprint density at radius 1 is 1.37 bits per heavy atom. The van der Waals surface area contributed by atoms with Crippen molar-refractivity contribution < 1.29 is 4.21 Å². The molecule has 1 saturated heterocycles. The van der Waals surface area contributed by atoms with E-state index in [1.807, 2.05) is 0 Å². The van der Waals surface area contributed by atoms with Crippen LogP contribution >= 0.6 is 0 Å². The molecule has 0 radical (unpaired) electrons. The monoisotopic (exact) mass is 280 g/mol. The highest BCUT2D eigenvalue weighted by Crippen LogP contribution is 2.23. The zero-order valence-electron chi connectivity index (χ0n) is 11.8. The number of piperazine rings is 1. The third-order valence-electron chi connectivity index (χ3n) is 3.84. The first-order chi connectivity index (χ1) is 9.20. The molecule has 0 aromatic heterocycles. The van der Waals surface area contributed by atoms with E-state index in [1.165, 1.54) is 5.56 Å². The van der Waals surface area contributed by atoms with Crippen molar-refractivity contribution >= 4 is 10.8 Å². The maximum atomic E-state index is 11.3. The molecule has 1 aromatic rings. The van der Waals surface area contributed by atoms with Gasteiger partial charge in [0.15, 0.2) is 0 Å². The summed E-state index contributed by atoms with van der Waals surface area (Å²) in [5.41, 5.74) is 1.35. The van der Waals surface area contributed by atoms with Gasteiger partial charge in [0.05, 0.1) is 0 Å². The lowest BCUT2D eigenvalue weighted by Crippen LogP contribution is -2.52. The molecule has 4 heteroatoms. The second-order valence-electron chi connectivity index (χ2n) is 5.21. The van der Waals surface area contributed by atoms with Crippen LogP contribution in [0.3, 0.4) is 0 Å². The summed E-state index contributed by atoms with van der Waals surface area (Å²) in [6, 6.07) is 11.6. The number of nitrogens with one attached hydrogen (secondary N) is 1. The highest BCUT2D eigenvalue weighted by atomic mass is 32.2. The molecule has 1 N–H and O–H groups in total. The summed E-state index contributed by atoms with van der Waals surface area (Å²) < 4.78 is 11.3. The van der Waals surface area contributed by atoms with Crippen LogP contribution in [0.2, 0.25) is 0 Å². The van der Waals surface area contributed by atoms with Crippen molar-refractivity contribution in [1.82, 2.24) is 10.2 Å². The van der Waals surface area contributed by atoms with Crippen molar-refractivity contribution in [2.45, 2.75) is 25.4 Å². The van der Waals surface area contributed by atoms with Crippen LogP contribution in [0.15, 0.2) is 30.3 Å². The molecule has 2 rings (SSSR count). The SMILES string of the molecule is CCC1CN(CCS(C)=O)C(c2ccccc2)CN1. The van der Waals surface area contributed by atoms with Gasteiger partial charge >= 0.3 is 0 Å². The summed E-state index contributed by atoms with van der Waals surface area (Å²) in [6.07, 6.45) is 2.93. The van der Waals surface area contributed by atoms with Crippen LogP contribution in [0.1, 0.15) is 24.9 Å². The van der Waals surface area contributed by atoms with Crippen LogP contribution in [0, 0.1) is 0 Å². The topological polar surface area (TPSA) is 32.3 Å². The molecule has 1 aromatic carbocycles. The molecule has 106 valence electrons. The highest BCUT2D eigenvalue weighted by molar-refractivity contribution is 7.84. The Hall–Kier alpha value is -0.710. The fourth-order valence-electron chi connectivity index (χ4n) is 2.65. The zero-order valence-corrected chi connectivity index (χ0v) is 12.7. The lowest BCUT2D eigenvalue weighted by Gasteiger charge is -2.40. The van der Waals surface area contributed by atoms with E-state index in [0.717, 1.165) is 31.8 Å². The van der Waals surface area contributed by atoms with Gasteiger partial charge in [-0.2, -0.15) is 0 Å². The molecule has 1 heterocycles. The second kappa shape index (κ2) is 7.17. The predicted molar refractivity (Wildman–Crippen MR) is 81.8 cm³/mol. The van der Waals surface area contributed by atoms with E-state index in [-0.39, 0.29) is 0 Å². The van der Waals surface area contributed by atoms with Gasteiger partial charge in [0, 0.05) is 54.5 Å². The Morgan fingerprint density at radius 2 is 2.11 bits per heavy atom. The van der Waals surface area contributed by atoms with Gasteiger partial charge in [0.1, 0.15) is 0 Å². The molecule has 0 spiro atoms. The van der Waals surface area contributed by atoms with E-state index in [9.17, 15) is 4.21 Å². The molecule has 0 amide bonds. The van der Waals surface area contributed by atoms with Crippen LogP contribution in [0.25, 0.3) is 0 Å². The average Bonchev–Trinajstić information content (AvgIpc) is 2.45. The Balaban J connectivity index is 2.08. The normalized spacial score (nSPS) is 26.2. The summed E-state index contributed by atoms with van der Waals surface area (Å²) in [5, 5.41) is 3.62. The molecule has 1 fully saturated rings. The Bertz CT molecular complexity index is 410. The van der Waals surface area contributed by atoms with E-state index < -0.39 is 10.8 Å². The quantitative estimate of drug-likeness (QED) is 0.892. The molecule has 1 aliphatic heterocycles. The van der Waals surface area contributed by atoms with E-state index >= 15 is 0 Å². The molecule has 0 saturated carbocycles. The van der Waals surface area contributed by atoms with Crippen LogP contribution in [0.4, 0.5) is 0 Å². The molecule has 3 nitrogen and oxygen atoms in total. The summed E-state index contributed by atoms with van der Waals surface area (Å²) in [7, 11) is -0.714. The minimum atomic E-state index is -0.714. The number of benzene rings is 1. The largest absolute Gasteiger partial charge is 0.311 e. The van der Waals surface area contributed by atoms with Gasteiger partial charge in [-0.25, -0.2) is 0 Å². The Labute approximate surface area is 118 Å².